The van der Waals surface area contributed by atoms with Crippen LogP contribution in [-0.4, -0.2) is 43.9 Å². The maximum Gasteiger partial charge on any atom is 0.266 e. The standard InChI is InChI=1S/C20H27N5O2/c26-20-4-3-18(16-1-2-16)22-25(20)12-15-5-7-23(8-6-15)13-17-11-21-19-14-27-10-9-24(17)19/h3-4,11,15-16H,1-2,5-10,12-14H2. The predicted octanol–water partition coefficient (Wildman–Crippen LogP) is 1.76. The van der Waals surface area contributed by atoms with E-state index in [1.54, 1.807) is 10.7 Å². The molecule has 144 valence electrons. The van der Waals surface area contributed by atoms with E-state index in [0.717, 1.165) is 63.7 Å². The zero-order valence-corrected chi connectivity index (χ0v) is 15.7. The van der Waals surface area contributed by atoms with Crippen LogP contribution in [0, 0.1) is 5.92 Å². The summed E-state index contributed by atoms with van der Waals surface area (Å²) >= 11 is 0. The number of fused-ring (bicyclic) bond motifs is 1. The summed E-state index contributed by atoms with van der Waals surface area (Å²) in [6.45, 7) is 6.16. The van der Waals surface area contributed by atoms with Crippen molar-refractivity contribution in [3.63, 3.8) is 0 Å². The SMILES string of the molecule is O=c1ccc(C2CC2)nn1CC1CCN(Cc2cnc3n2CCOC3)CC1. The predicted molar refractivity (Wildman–Crippen MR) is 100 cm³/mol. The van der Waals surface area contributed by atoms with Crippen LogP contribution in [0.2, 0.25) is 0 Å². The normalized spacial score (nSPS) is 21.3. The fraction of sp³-hybridized carbons (Fsp3) is 0.650. The third kappa shape index (κ3) is 3.71. The highest BCUT2D eigenvalue weighted by Gasteiger charge is 2.26. The lowest BCUT2D eigenvalue weighted by Gasteiger charge is -2.32. The minimum absolute atomic E-state index is 0.0370. The number of hydrogen-bond donors (Lipinski definition) is 0. The zero-order valence-electron chi connectivity index (χ0n) is 15.7. The molecular weight excluding hydrogens is 342 g/mol. The van der Waals surface area contributed by atoms with E-state index in [0.29, 0.717) is 18.4 Å². The summed E-state index contributed by atoms with van der Waals surface area (Å²) in [5, 5.41) is 4.62. The Morgan fingerprint density at radius 2 is 1.96 bits per heavy atom. The highest BCUT2D eigenvalue weighted by Crippen LogP contribution is 2.38. The number of ether oxygens (including phenoxy) is 1. The van der Waals surface area contributed by atoms with Crippen molar-refractivity contribution in [1.29, 1.82) is 0 Å². The molecule has 27 heavy (non-hydrogen) atoms. The number of hydrogen-bond acceptors (Lipinski definition) is 5. The Morgan fingerprint density at radius 3 is 2.78 bits per heavy atom. The van der Waals surface area contributed by atoms with Gasteiger partial charge >= 0.3 is 0 Å². The molecular formula is C20H27N5O2. The Kier molecular flexibility index (Phi) is 4.57. The molecule has 0 unspecified atom stereocenters. The van der Waals surface area contributed by atoms with E-state index in [2.05, 4.69) is 19.5 Å². The van der Waals surface area contributed by atoms with Gasteiger partial charge in [-0.2, -0.15) is 5.10 Å². The van der Waals surface area contributed by atoms with Crippen molar-refractivity contribution >= 4 is 0 Å². The Labute approximate surface area is 159 Å². The van der Waals surface area contributed by atoms with Gasteiger partial charge in [0.2, 0.25) is 0 Å². The van der Waals surface area contributed by atoms with Gasteiger partial charge in [-0.3, -0.25) is 9.69 Å². The molecule has 0 bridgehead atoms. The van der Waals surface area contributed by atoms with Crippen molar-refractivity contribution in [2.45, 2.75) is 57.8 Å². The third-order valence-electron chi connectivity index (χ3n) is 6.12. The Bertz CT molecular complexity index is 861. The molecule has 1 saturated carbocycles. The Balaban J connectivity index is 1.18. The monoisotopic (exact) mass is 369 g/mol. The summed E-state index contributed by atoms with van der Waals surface area (Å²) in [5.41, 5.74) is 2.43. The maximum atomic E-state index is 12.2. The molecule has 0 N–H and O–H groups in total. The number of aromatic nitrogens is 4. The average molecular weight is 369 g/mol. The van der Waals surface area contributed by atoms with E-state index in [1.165, 1.54) is 18.5 Å². The molecule has 0 spiro atoms. The van der Waals surface area contributed by atoms with Gasteiger partial charge in [0, 0.05) is 37.8 Å². The van der Waals surface area contributed by atoms with Crippen LogP contribution >= 0.6 is 0 Å². The lowest BCUT2D eigenvalue weighted by Crippen LogP contribution is -2.37. The first kappa shape index (κ1) is 17.1. The van der Waals surface area contributed by atoms with Gasteiger partial charge in [0.25, 0.3) is 5.56 Å². The van der Waals surface area contributed by atoms with Crippen LogP contribution in [0.5, 0.6) is 0 Å². The van der Waals surface area contributed by atoms with Gasteiger partial charge in [-0.15, -0.1) is 0 Å². The number of piperidine rings is 1. The summed E-state index contributed by atoms with van der Waals surface area (Å²) in [6.07, 6.45) is 6.67. The molecule has 2 aromatic heterocycles. The number of likely N-dealkylation sites (tertiary alicyclic amines) is 1. The average Bonchev–Trinajstić information content (AvgIpc) is 3.47. The summed E-state index contributed by atoms with van der Waals surface area (Å²) in [4.78, 5) is 19.2. The van der Waals surface area contributed by atoms with Crippen molar-refractivity contribution in [1.82, 2.24) is 24.2 Å². The fourth-order valence-corrected chi connectivity index (χ4v) is 4.28. The molecule has 0 aromatic carbocycles. The Morgan fingerprint density at radius 1 is 1.11 bits per heavy atom. The first-order chi connectivity index (χ1) is 13.3. The number of nitrogens with zero attached hydrogens (tertiary/aromatic N) is 5. The molecule has 0 radical (unpaired) electrons. The van der Waals surface area contributed by atoms with Crippen LogP contribution in [0.25, 0.3) is 0 Å². The van der Waals surface area contributed by atoms with Crippen molar-refractivity contribution in [3.05, 3.63) is 45.9 Å². The molecule has 3 aliphatic rings. The molecule has 0 atom stereocenters. The van der Waals surface area contributed by atoms with Gasteiger partial charge in [-0.25, -0.2) is 9.67 Å². The molecule has 7 nitrogen and oxygen atoms in total. The first-order valence-electron chi connectivity index (χ1n) is 10.2. The fourth-order valence-electron chi connectivity index (χ4n) is 4.28. The summed E-state index contributed by atoms with van der Waals surface area (Å²) in [5.74, 6) is 2.17. The first-order valence-corrected chi connectivity index (χ1v) is 10.2. The second kappa shape index (κ2) is 7.20. The van der Waals surface area contributed by atoms with Crippen molar-refractivity contribution in [2.24, 2.45) is 5.92 Å². The van der Waals surface area contributed by atoms with E-state index in [-0.39, 0.29) is 5.56 Å². The lowest BCUT2D eigenvalue weighted by molar-refractivity contribution is 0.0788. The van der Waals surface area contributed by atoms with Crippen LogP contribution < -0.4 is 5.56 Å². The Hall–Kier alpha value is -1.99. The van der Waals surface area contributed by atoms with Crippen LogP contribution in [0.1, 0.15) is 48.8 Å². The maximum absolute atomic E-state index is 12.2. The van der Waals surface area contributed by atoms with Gasteiger partial charge in [-0.05, 0) is 50.8 Å². The topological polar surface area (TPSA) is 65.2 Å². The molecule has 2 aromatic rings. The van der Waals surface area contributed by atoms with Gasteiger partial charge in [0.05, 0.1) is 18.0 Å². The zero-order chi connectivity index (χ0) is 18.2. The summed E-state index contributed by atoms with van der Waals surface area (Å²) < 4.78 is 9.49. The quantitative estimate of drug-likeness (QED) is 0.804. The second-order valence-corrected chi connectivity index (χ2v) is 8.14. The van der Waals surface area contributed by atoms with Crippen LogP contribution in [-0.2, 0) is 31.0 Å². The molecule has 1 aliphatic carbocycles. The minimum atomic E-state index is 0.0370. The highest BCUT2D eigenvalue weighted by molar-refractivity contribution is 5.12. The summed E-state index contributed by atoms with van der Waals surface area (Å²) in [7, 11) is 0. The molecule has 1 saturated heterocycles. The molecule has 7 heteroatoms. The molecule has 0 amide bonds. The molecule has 4 heterocycles. The largest absolute Gasteiger partial charge is 0.372 e. The molecule has 2 aliphatic heterocycles. The van der Waals surface area contributed by atoms with Crippen LogP contribution in [0.3, 0.4) is 0 Å². The third-order valence-corrected chi connectivity index (χ3v) is 6.12. The highest BCUT2D eigenvalue weighted by atomic mass is 16.5. The molecule has 2 fully saturated rings. The van der Waals surface area contributed by atoms with Crippen LogP contribution in [0.15, 0.2) is 23.1 Å². The van der Waals surface area contributed by atoms with Gasteiger partial charge < -0.3 is 9.30 Å². The number of imidazole rings is 1. The van der Waals surface area contributed by atoms with Gasteiger partial charge in [0.15, 0.2) is 0 Å². The van der Waals surface area contributed by atoms with Crippen LogP contribution in [0.4, 0.5) is 0 Å². The van der Waals surface area contributed by atoms with E-state index < -0.39 is 0 Å². The van der Waals surface area contributed by atoms with Crippen molar-refractivity contribution < 1.29 is 4.74 Å². The second-order valence-electron chi connectivity index (χ2n) is 8.14. The van der Waals surface area contributed by atoms with Crippen molar-refractivity contribution in [2.75, 3.05) is 19.7 Å². The van der Waals surface area contributed by atoms with E-state index >= 15 is 0 Å². The summed E-state index contributed by atoms with van der Waals surface area (Å²) in [6, 6.07) is 3.61. The van der Waals surface area contributed by atoms with E-state index in [9.17, 15) is 4.79 Å². The smallest absolute Gasteiger partial charge is 0.266 e. The van der Waals surface area contributed by atoms with E-state index in [4.69, 9.17) is 4.74 Å². The minimum Gasteiger partial charge on any atom is -0.372 e. The lowest BCUT2D eigenvalue weighted by atomic mass is 9.96. The van der Waals surface area contributed by atoms with Crippen molar-refractivity contribution in [3.8, 4) is 0 Å². The number of rotatable bonds is 5. The van der Waals surface area contributed by atoms with Gasteiger partial charge in [0.1, 0.15) is 12.4 Å². The van der Waals surface area contributed by atoms with Gasteiger partial charge in [-0.1, -0.05) is 0 Å². The molecule has 5 rings (SSSR count). The van der Waals surface area contributed by atoms with E-state index in [1.807, 2.05) is 12.3 Å².